The molecule has 16 heavy (non-hydrogen) atoms. The van der Waals surface area contributed by atoms with Crippen LogP contribution in [0.2, 0.25) is 0 Å². The summed E-state index contributed by atoms with van der Waals surface area (Å²) in [6.45, 7) is 7.78. The Morgan fingerprint density at radius 3 is 2.62 bits per heavy atom. The Labute approximate surface area is 94.5 Å². The molecule has 88 valence electrons. The van der Waals surface area contributed by atoms with Gasteiger partial charge in [0.05, 0.1) is 12.7 Å². The second-order valence-corrected chi connectivity index (χ2v) is 3.35. The van der Waals surface area contributed by atoms with E-state index < -0.39 is 0 Å². The van der Waals surface area contributed by atoms with Crippen LogP contribution in [0.15, 0.2) is 12.7 Å². The highest BCUT2D eigenvalue weighted by Crippen LogP contribution is 2.12. The van der Waals surface area contributed by atoms with Gasteiger partial charge in [-0.05, 0) is 20.3 Å². The number of hydrogen-bond acceptors (Lipinski definition) is 6. The summed E-state index contributed by atoms with van der Waals surface area (Å²) >= 11 is 0. The lowest BCUT2D eigenvalue weighted by molar-refractivity contribution is 0.214. The minimum Gasteiger partial charge on any atom is -0.463 e. The molecule has 1 rings (SSSR count). The van der Waals surface area contributed by atoms with Crippen LogP contribution in [-0.2, 0) is 0 Å². The van der Waals surface area contributed by atoms with Crippen LogP contribution in [0.1, 0.15) is 20.3 Å². The summed E-state index contributed by atoms with van der Waals surface area (Å²) in [5.74, 6) is 0.0826. The number of nitrogen functional groups attached to an aromatic ring is 1. The van der Waals surface area contributed by atoms with E-state index in [2.05, 4.69) is 21.5 Å². The molecular formula is C10H16N4O2. The van der Waals surface area contributed by atoms with Crippen molar-refractivity contribution in [2.75, 3.05) is 12.3 Å². The SMILES string of the molecule is C=CCCOc1nc(N)nc(OC(C)C)n1. The topological polar surface area (TPSA) is 83.2 Å². The Hall–Kier alpha value is -1.85. The summed E-state index contributed by atoms with van der Waals surface area (Å²) in [6, 6.07) is 0.348. The van der Waals surface area contributed by atoms with E-state index in [9.17, 15) is 0 Å². The van der Waals surface area contributed by atoms with Gasteiger partial charge in [0.25, 0.3) is 0 Å². The first-order valence-corrected chi connectivity index (χ1v) is 5.03. The number of nitrogens with two attached hydrogens (primary N) is 1. The van der Waals surface area contributed by atoms with Gasteiger partial charge in [0.15, 0.2) is 0 Å². The molecule has 0 aliphatic carbocycles. The molecule has 0 amide bonds. The van der Waals surface area contributed by atoms with Crippen LogP contribution < -0.4 is 15.2 Å². The van der Waals surface area contributed by atoms with Crippen LogP contribution in [0.3, 0.4) is 0 Å². The van der Waals surface area contributed by atoms with E-state index in [-0.39, 0.29) is 24.1 Å². The molecule has 6 nitrogen and oxygen atoms in total. The molecule has 6 heteroatoms. The zero-order valence-corrected chi connectivity index (χ0v) is 9.51. The van der Waals surface area contributed by atoms with Crippen molar-refractivity contribution < 1.29 is 9.47 Å². The predicted molar refractivity (Wildman–Crippen MR) is 60.3 cm³/mol. The average molecular weight is 224 g/mol. The Kier molecular flexibility index (Phi) is 4.50. The molecule has 0 aromatic carbocycles. The molecule has 0 saturated carbocycles. The third-order valence-electron chi connectivity index (χ3n) is 1.51. The Morgan fingerprint density at radius 1 is 1.31 bits per heavy atom. The number of aromatic nitrogens is 3. The first-order valence-electron chi connectivity index (χ1n) is 5.03. The van der Waals surface area contributed by atoms with Gasteiger partial charge >= 0.3 is 12.0 Å². The fraction of sp³-hybridized carbons (Fsp3) is 0.500. The minimum atomic E-state index is -0.0252. The molecular weight excluding hydrogens is 208 g/mol. The number of anilines is 1. The van der Waals surface area contributed by atoms with Crippen LogP contribution in [0.25, 0.3) is 0 Å². The third kappa shape index (κ3) is 4.12. The van der Waals surface area contributed by atoms with Gasteiger partial charge in [-0.25, -0.2) is 0 Å². The van der Waals surface area contributed by atoms with E-state index >= 15 is 0 Å². The summed E-state index contributed by atoms with van der Waals surface area (Å²) in [5.41, 5.74) is 5.50. The van der Waals surface area contributed by atoms with Crippen molar-refractivity contribution in [1.29, 1.82) is 0 Å². The van der Waals surface area contributed by atoms with Gasteiger partial charge in [0.1, 0.15) is 0 Å². The minimum absolute atomic E-state index is 0.0252. The maximum absolute atomic E-state index is 5.50. The second kappa shape index (κ2) is 5.89. The van der Waals surface area contributed by atoms with Gasteiger partial charge < -0.3 is 15.2 Å². The van der Waals surface area contributed by atoms with Crippen molar-refractivity contribution in [2.24, 2.45) is 0 Å². The monoisotopic (exact) mass is 224 g/mol. The number of hydrogen-bond donors (Lipinski definition) is 1. The zero-order chi connectivity index (χ0) is 12.0. The number of rotatable bonds is 6. The van der Waals surface area contributed by atoms with Gasteiger partial charge in [-0.1, -0.05) is 6.08 Å². The summed E-state index contributed by atoms with van der Waals surface area (Å²) < 4.78 is 10.6. The van der Waals surface area contributed by atoms with E-state index in [1.165, 1.54) is 0 Å². The maximum Gasteiger partial charge on any atom is 0.324 e. The normalized spacial score (nSPS) is 10.2. The van der Waals surface area contributed by atoms with Crippen molar-refractivity contribution in [2.45, 2.75) is 26.4 Å². The van der Waals surface area contributed by atoms with Crippen LogP contribution >= 0.6 is 0 Å². The lowest BCUT2D eigenvalue weighted by Crippen LogP contribution is -2.11. The molecule has 0 fully saturated rings. The molecule has 0 aliphatic rings. The van der Waals surface area contributed by atoms with Gasteiger partial charge in [0.2, 0.25) is 5.95 Å². The van der Waals surface area contributed by atoms with Crippen LogP contribution in [0.4, 0.5) is 5.95 Å². The quantitative estimate of drug-likeness (QED) is 0.577. The summed E-state index contributed by atoms with van der Waals surface area (Å²) in [4.78, 5) is 11.6. The summed E-state index contributed by atoms with van der Waals surface area (Å²) in [7, 11) is 0. The third-order valence-corrected chi connectivity index (χ3v) is 1.51. The first kappa shape index (κ1) is 12.2. The Morgan fingerprint density at radius 2 is 2.00 bits per heavy atom. The molecule has 1 aromatic heterocycles. The van der Waals surface area contributed by atoms with Gasteiger partial charge in [-0.3, -0.25) is 0 Å². The highest BCUT2D eigenvalue weighted by Gasteiger charge is 2.07. The molecule has 0 bridgehead atoms. The fourth-order valence-electron chi connectivity index (χ4n) is 0.914. The molecule has 0 radical (unpaired) electrons. The average Bonchev–Trinajstić information content (AvgIpc) is 2.16. The van der Waals surface area contributed by atoms with Gasteiger partial charge in [-0.15, -0.1) is 11.6 Å². The largest absolute Gasteiger partial charge is 0.463 e. The molecule has 0 atom stereocenters. The highest BCUT2D eigenvalue weighted by molar-refractivity contribution is 5.20. The molecule has 2 N–H and O–H groups in total. The van der Waals surface area contributed by atoms with E-state index in [4.69, 9.17) is 15.2 Å². The van der Waals surface area contributed by atoms with Crippen molar-refractivity contribution >= 4 is 5.95 Å². The number of ether oxygens (including phenoxy) is 2. The Bertz CT molecular complexity index is 355. The fourth-order valence-corrected chi connectivity index (χ4v) is 0.914. The van der Waals surface area contributed by atoms with E-state index in [1.807, 2.05) is 13.8 Å². The number of nitrogens with zero attached hydrogens (tertiary/aromatic N) is 3. The Balaban J connectivity index is 2.69. The van der Waals surface area contributed by atoms with E-state index in [0.29, 0.717) is 13.0 Å². The van der Waals surface area contributed by atoms with E-state index in [0.717, 1.165) is 0 Å². The van der Waals surface area contributed by atoms with Gasteiger partial charge in [-0.2, -0.15) is 9.97 Å². The summed E-state index contributed by atoms with van der Waals surface area (Å²) in [6.07, 6.45) is 2.44. The van der Waals surface area contributed by atoms with Gasteiger partial charge in [0, 0.05) is 0 Å². The molecule has 0 aliphatic heterocycles. The van der Waals surface area contributed by atoms with Crippen LogP contribution in [0, 0.1) is 0 Å². The van der Waals surface area contributed by atoms with Crippen molar-refractivity contribution in [3.05, 3.63) is 12.7 Å². The molecule has 0 unspecified atom stereocenters. The lowest BCUT2D eigenvalue weighted by atomic mass is 10.5. The maximum atomic E-state index is 5.50. The molecule has 1 heterocycles. The van der Waals surface area contributed by atoms with Crippen molar-refractivity contribution in [3.63, 3.8) is 0 Å². The smallest absolute Gasteiger partial charge is 0.324 e. The molecule has 0 spiro atoms. The molecule has 1 aromatic rings. The van der Waals surface area contributed by atoms with E-state index in [1.54, 1.807) is 6.08 Å². The standard InChI is InChI=1S/C10H16N4O2/c1-4-5-6-15-9-12-8(11)13-10(14-9)16-7(2)3/h4,7H,1,5-6H2,2-3H3,(H2,11,12,13,14). The van der Waals surface area contributed by atoms with Crippen molar-refractivity contribution in [1.82, 2.24) is 15.0 Å². The lowest BCUT2D eigenvalue weighted by Gasteiger charge is -2.09. The summed E-state index contributed by atoms with van der Waals surface area (Å²) in [5, 5.41) is 0. The van der Waals surface area contributed by atoms with Crippen molar-refractivity contribution in [3.8, 4) is 12.0 Å². The van der Waals surface area contributed by atoms with Crippen LogP contribution in [-0.4, -0.2) is 27.7 Å². The first-order chi connectivity index (χ1) is 7.61. The highest BCUT2D eigenvalue weighted by atomic mass is 16.5. The second-order valence-electron chi connectivity index (χ2n) is 3.35. The predicted octanol–water partition coefficient (Wildman–Crippen LogP) is 1.20. The zero-order valence-electron chi connectivity index (χ0n) is 9.51. The van der Waals surface area contributed by atoms with Crippen LogP contribution in [0.5, 0.6) is 12.0 Å². The molecule has 0 saturated heterocycles.